The smallest absolute Gasteiger partial charge is 0.264 e. The van der Waals surface area contributed by atoms with Gasteiger partial charge in [0.2, 0.25) is 0 Å². The molecule has 2 fully saturated rings. The van der Waals surface area contributed by atoms with Gasteiger partial charge in [-0.1, -0.05) is 0 Å². The van der Waals surface area contributed by atoms with E-state index in [0.717, 1.165) is 43.4 Å². The van der Waals surface area contributed by atoms with Crippen LogP contribution in [0.3, 0.4) is 0 Å². The Morgan fingerprint density at radius 2 is 2.08 bits per heavy atom. The summed E-state index contributed by atoms with van der Waals surface area (Å²) < 4.78 is 0. The van der Waals surface area contributed by atoms with Crippen LogP contribution in [-0.2, 0) is 0 Å². The fraction of sp³-hybridized carbons (Fsp3) is 0.474. The van der Waals surface area contributed by atoms with Gasteiger partial charge >= 0.3 is 0 Å². The van der Waals surface area contributed by atoms with E-state index in [-0.39, 0.29) is 5.91 Å². The van der Waals surface area contributed by atoms with E-state index in [4.69, 9.17) is 0 Å². The number of thiophene rings is 1. The maximum absolute atomic E-state index is 12.8. The van der Waals surface area contributed by atoms with Gasteiger partial charge < -0.3 is 15.1 Å². The molecule has 4 heterocycles. The fourth-order valence-electron chi connectivity index (χ4n) is 3.57. The molecule has 4 rings (SSSR count). The molecule has 2 saturated heterocycles. The lowest BCUT2D eigenvalue weighted by molar-refractivity contribution is 0.0751. The number of amides is 1. The summed E-state index contributed by atoms with van der Waals surface area (Å²) in [6.07, 6.45) is 4.25. The van der Waals surface area contributed by atoms with Gasteiger partial charge in [-0.05, 0) is 56.1 Å². The topological polar surface area (TPSA) is 48.5 Å². The maximum atomic E-state index is 12.8. The number of nitrogens with one attached hydrogen (secondary N) is 1. The minimum Gasteiger partial charge on any atom is -0.353 e. The monoisotopic (exact) mass is 356 g/mol. The molecule has 0 saturated carbocycles. The second kappa shape index (κ2) is 7.14. The van der Waals surface area contributed by atoms with Crippen LogP contribution in [0.25, 0.3) is 0 Å². The lowest BCUT2D eigenvalue weighted by atomic mass is 10.2. The number of pyridine rings is 1. The zero-order chi connectivity index (χ0) is 17.2. The third-order valence-electron chi connectivity index (χ3n) is 5.03. The van der Waals surface area contributed by atoms with E-state index in [1.807, 2.05) is 23.2 Å². The van der Waals surface area contributed by atoms with Crippen molar-refractivity contribution in [1.29, 1.82) is 0 Å². The Morgan fingerprint density at radius 3 is 2.80 bits per heavy atom. The van der Waals surface area contributed by atoms with E-state index in [9.17, 15) is 4.79 Å². The molecule has 0 spiro atoms. The Bertz CT molecular complexity index is 745. The molecule has 2 aromatic rings. The maximum Gasteiger partial charge on any atom is 0.264 e. The highest BCUT2D eigenvalue weighted by atomic mass is 32.1. The largest absolute Gasteiger partial charge is 0.353 e. The van der Waals surface area contributed by atoms with Crippen molar-refractivity contribution in [2.75, 3.05) is 37.6 Å². The average Bonchev–Trinajstić information content (AvgIpc) is 3.32. The van der Waals surface area contributed by atoms with Crippen LogP contribution < -0.4 is 10.2 Å². The summed E-state index contributed by atoms with van der Waals surface area (Å²) in [6, 6.07) is 8.68. The Balaban J connectivity index is 1.38. The van der Waals surface area contributed by atoms with E-state index >= 15 is 0 Å². The zero-order valence-electron chi connectivity index (χ0n) is 14.6. The first kappa shape index (κ1) is 16.5. The third kappa shape index (κ3) is 3.55. The summed E-state index contributed by atoms with van der Waals surface area (Å²) in [5, 5.41) is 3.51. The van der Waals surface area contributed by atoms with Crippen LogP contribution in [0.2, 0.25) is 0 Å². The standard InChI is InChI=1S/C19H24N4OS/c1-14-6-8-21-18(13-14)22-9-11-23(12-10-22)19(24)17-5-4-16(25-17)15-3-2-7-20-15/h4-6,8,13,15,20H,2-3,7,9-12H2,1H3. The first-order valence-corrected chi connectivity index (χ1v) is 9.82. The molecule has 25 heavy (non-hydrogen) atoms. The van der Waals surface area contributed by atoms with Gasteiger partial charge in [0.15, 0.2) is 0 Å². The van der Waals surface area contributed by atoms with Crippen molar-refractivity contribution in [3.05, 3.63) is 45.8 Å². The SMILES string of the molecule is Cc1ccnc(N2CCN(C(=O)c3ccc(C4CCCN4)s3)CC2)c1. The van der Waals surface area contributed by atoms with Crippen molar-refractivity contribution < 1.29 is 4.79 Å². The van der Waals surface area contributed by atoms with Gasteiger partial charge in [-0.2, -0.15) is 0 Å². The van der Waals surface area contributed by atoms with Gasteiger partial charge in [0.05, 0.1) is 4.88 Å². The van der Waals surface area contributed by atoms with Crippen molar-refractivity contribution >= 4 is 23.1 Å². The molecule has 6 heteroatoms. The number of anilines is 1. The first-order valence-electron chi connectivity index (χ1n) is 9.01. The highest BCUT2D eigenvalue weighted by molar-refractivity contribution is 7.14. The van der Waals surface area contributed by atoms with Crippen molar-refractivity contribution in [3.8, 4) is 0 Å². The normalized spacial score (nSPS) is 20.9. The molecular formula is C19H24N4OS. The number of nitrogens with zero attached hydrogens (tertiary/aromatic N) is 3. The molecule has 1 unspecified atom stereocenters. The van der Waals surface area contributed by atoms with Crippen LogP contribution in [0.4, 0.5) is 5.82 Å². The fourth-order valence-corrected chi connectivity index (χ4v) is 4.66. The number of hydrogen-bond acceptors (Lipinski definition) is 5. The predicted octanol–water partition coefficient (Wildman–Crippen LogP) is 2.84. The summed E-state index contributed by atoms with van der Waals surface area (Å²) in [6.45, 7) is 6.35. The summed E-state index contributed by atoms with van der Waals surface area (Å²) >= 11 is 1.65. The minimum atomic E-state index is 0.172. The van der Waals surface area contributed by atoms with E-state index < -0.39 is 0 Å². The van der Waals surface area contributed by atoms with Gasteiger partial charge in [0.25, 0.3) is 5.91 Å². The number of carbonyl (C=O) groups excluding carboxylic acids is 1. The van der Waals surface area contributed by atoms with Gasteiger partial charge in [0, 0.05) is 43.3 Å². The molecule has 0 aliphatic carbocycles. The summed E-state index contributed by atoms with van der Waals surface area (Å²) in [7, 11) is 0. The van der Waals surface area contributed by atoms with Crippen molar-refractivity contribution in [2.45, 2.75) is 25.8 Å². The molecule has 132 valence electrons. The molecule has 2 aliphatic heterocycles. The Kier molecular flexibility index (Phi) is 4.72. The second-order valence-corrected chi connectivity index (χ2v) is 7.94. The quantitative estimate of drug-likeness (QED) is 0.919. The van der Waals surface area contributed by atoms with E-state index in [1.165, 1.54) is 23.3 Å². The number of carbonyl (C=O) groups is 1. The van der Waals surface area contributed by atoms with Crippen LogP contribution in [0.1, 0.15) is 39.0 Å². The summed E-state index contributed by atoms with van der Waals surface area (Å²) in [5.41, 5.74) is 1.22. The van der Waals surface area contributed by atoms with Gasteiger partial charge in [-0.25, -0.2) is 4.98 Å². The number of aryl methyl sites for hydroxylation is 1. The molecule has 5 nitrogen and oxygen atoms in total. The van der Waals surface area contributed by atoms with Gasteiger partial charge in [-0.15, -0.1) is 11.3 Å². The molecule has 0 radical (unpaired) electrons. The number of rotatable bonds is 3. The van der Waals surface area contributed by atoms with E-state index in [2.05, 4.69) is 34.3 Å². The van der Waals surface area contributed by atoms with Crippen LogP contribution in [0, 0.1) is 6.92 Å². The van der Waals surface area contributed by atoms with Gasteiger partial charge in [0.1, 0.15) is 5.82 Å². The molecular weight excluding hydrogens is 332 g/mol. The minimum absolute atomic E-state index is 0.172. The zero-order valence-corrected chi connectivity index (χ0v) is 15.4. The molecule has 1 amide bonds. The number of hydrogen-bond donors (Lipinski definition) is 1. The molecule has 0 bridgehead atoms. The van der Waals surface area contributed by atoms with Crippen LogP contribution in [-0.4, -0.2) is 48.5 Å². The van der Waals surface area contributed by atoms with Crippen LogP contribution in [0.5, 0.6) is 0 Å². The lowest BCUT2D eigenvalue weighted by Crippen LogP contribution is -2.48. The molecule has 1 N–H and O–H groups in total. The highest BCUT2D eigenvalue weighted by Crippen LogP contribution is 2.30. The Labute approximate surface area is 152 Å². The Hall–Kier alpha value is -1.92. The molecule has 2 aliphatic rings. The third-order valence-corrected chi connectivity index (χ3v) is 6.22. The molecule has 2 aromatic heterocycles. The average molecular weight is 356 g/mol. The van der Waals surface area contributed by atoms with Crippen molar-refractivity contribution in [3.63, 3.8) is 0 Å². The van der Waals surface area contributed by atoms with E-state index in [0.29, 0.717) is 6.04 Å². The summed E-state index contributed by atoms with van der Waals surface area (Å²) in [4.78, 5) is 23.7. The first-order chi connectivity index (χ1) is 12.2. The van der Waals surface area contributed by atoms with Crippen molar-refractivity contribution in [1.82, 2.24) is 15.2 Å². The predicted molar refractivity (Wildman–Crippen MR) is 101 cm³/mol. The second-order valence-electron chi connectivity index (χ2n) is 6.82. The molecule has 1 atom stereocenters. The van der Waals surface area contributed by atoms with Crippen LogP contribution >= 0.6 is 11.3 Å². The van der Waals surface area contributed by atoms with E-state index in [1.54, 1.807) is 11.3 Å². The highest BCUT2D eigenvalue weighted by Gasteiger charge is 2.25. The number of piperazine rings is 1. The van der Waals surface area contributed by atoms with Crippen LogP contribution in [0.15, 0.2) is 30.5 Å². The number of aromatic nitrogens is 1. The lowest BCUT2D eigenvalue weighted by Gasteiger charge is -2.35. The molecule has 0 aromatic carbocycles. The van der Waals surface area contributed by atoms with Gasteiger partial charge in [-0.3, -0.25) is 4.79 Å². The van der Waals surface area contributed by atoms with Crippen molar-refractivity contribution in [2.24, 2.45) is 0 Å². The summed E-state index contributed by atoms with van der Waals surface area (Å²) in [5.74, 6) is 1.18. The Morgan fingerprint density at radius 1 is 1.24 bits per heavy atom.